The van der Waals surface area contributed by atoms with Crippen molar-refractivity contribution >= 4 is 0 Å². The van der Waals surface area contributed by atoms with E-state index in [2.05, 4.69) is 13.8 Å². The molecule has 2 heteroatoms. The predicted octanol–water partition coefficient (Wildman–Crippen LogP) is 3.39. The van der Waals surface area contributed by atoms with Gasteiger partial charge in [-0.1, -0.05) is 38.8 Å². The molecule has 15 heavy (non-hydrogen) atoms. The lowest BCUT2D eigenvalue weighted by atomic mass is 10.0. The molecule has 0 aliphatic rings. The molecule has 0 radical (unpaired) electrons. The highest BCUT2D eigenvalue weighted by Crippen LogP contribution is 2.34. The van der Waals surface area contributed by atoms with Crippen molar-refractivity contribution in [3.8, 4) is 11.5 Å². The second-order valence-corrected chi connectivity index (χ2v) is 3.93. The molecule has 1 rings (SSSR count). The summed E-state index contributed by atoms with van der Waals surface area (Å²) in [5, 5.41) is 19.5. The third-order valence-electron chi connectivity index (χ3n) is 2.64. The summed E-state index contributed by atoms with van der Waals surface area (Å²) in [5.74, 6) is 0.153. The summed E-state index contributed by atoms with van der Waals surface area (Å²) < 4.78 is 0. The molecule has 1 aromatic carbocycles. The molecule has 0 aromatic heterocycles. The molecule has 1 aromatic rings. The van der Waals surface area contributed by atoms with Crippen molar-refractivity contribution in [3.05, 3.63) is 23.3 Å². The maximum absolute atomic E-state index is 9.78. The van der Waals surface area contributed by atoms with Gasteiger partial charge < -0.3 is 10.2 Å². The number of rotatable bonds is 5. The molecule has 0 atom stereocenters. The van der Waals surface area contributed by atoms with Crippen molar-refractivity contribution in [1.82, 2.24) is 0 Å². The van der Waals surface area contributed by atoms with Crippen LogP contribution >= 0.6 is 0 Å². The van der Waals surface area contributed by atoms with Crippen LogP contribution in [0.2, 0.25) is 0 Å². The zero-order valence-electron chi connectivity index (χ0n) is 9.58. The number of hydrogen-bond donors (Lipinski definition) is 2. The monoisotopic (exact) mass is 208 g/mol. The van der Waals surface area contributed by atoms with Gasteiger partial charge in [-0.15, -0.1) is 0 Å². The van der Waals surface area contributed by atoms with Gasteiger partial charge in [-0.25, -0.2) is 0 Å². The second-order valence-electron chi connectivity index (χ2n) is 3.93. The molecule has 2 nitrogen and oxygen atoms in total. The Morgan fingerprint density at radius 3 is 1.87 bits per heavy atom. The number of aryl methyl sites for hydroxylation is 2. The van der Waals surface area contributed by atoms with Gasteiger partial charge >= 0.3 is 0 Å². The molecule has 0 aliphatic heterocycles. The first kappa shape index (κ1) is 11.9. The van der Waals surface area contributed by atoms with E-state index in [4.69, 9.17) is 0 Å². The quantitative estimate of drug-likeness (QED) is 0.728. The number of phenolic OH excluding ortho intramolecular Hbond substituents is 2. The Morgan fingerprint density at radius 1 is 0.867 bits per heavy atom. The molecule has 0 fully saturated rings. The van der Waals surface area contributed by atoms with Crippen LogP contribution in [0.15, 0.2) is 12.1 Å². The van der Waals surface area contributed by atoms with E-state index < -0.39 is 0 Å². The summed E-state index contributed by atoms with van der Waals surface area (Å²) in [5.41, 5.74) is 1.70. The zero-order valence-corrected chi connectivity index (χ0v) is 9.58. The molecule has 0 saturated heterocycles. The standard InChI is InChI=1S/C13H20O2/c1-3-5-7-11-9-8-10(6-4-2)12(14)13(11)15/h8-9,14-15H,3-7H2,1-2H3. The molecule has 0 aliphatic carbocycles. The minimum atomic E-state index is 0.0745. The molecular formula is C13H20O2. The summed E-state index contributed by atoms with van der Waals surface area (Å²) in [6.07, 6.45) is 4.76. The maximum atomic E-state index is 9.78. The Hall–Kier alpha value is -1.18. The highest BCUT2D eigenvalue weighted by Gasteiger charge is 2.10. The van der Waals surface area contributed by atoms with Crippen LogP contribution in [0.4, 0.5) is 0 Å². The van der Waals surface area contributed by atoms with Crippen LogP contribution < -0.4 is 0 Å². The molecular weight excluding hydrogens is 188 g/mol. The smallest absolute Gasteiger partial charge is 0.160 e. The Balaban J connectivity index is 2.88. The van der Waals surface area contributed by atoms with Crippen molar-refractivity contribution in [3.63, 3.8) is 0 Å². The van der Waals surface area contributed by atoms with E-state index in [0.29, 0.717) is 0 Å². The van der Waals surface area contributed by atoms with Gasteiger partial charge in [-0.3, -0.25) is 0 Å². The van der Waals surface area contributed by atoms with Gasteiger partial charge in [0.25, 0.3) is 0 Å². The third-order valence-corrected chi connectivity index (χ3v) is 2.64. The maximum Gasteiger partial charge on any atom is 0.160 e. The first-order valence-corrected chi connectivity index (χ1v) is 5.73. The minimum absolute atomic E-state index is 0.0745. The molecule has 0 saturated carbocycles. The summed E-state index contributed by atoms with van der Waals surface area (Å²) in [4.78, 5) is 0. The lowest BCUT2D eigenvalue weighted by Crippen LogP contribution is -1.90. The van der Waals surface area contributed by atoms with Crippen molar-refractivity contribution in [2.75, 3.05) is 0 Å². The van der Waals surface area contributed by atoms with E-state index in [1.165, 1.54) is 0 Å². The Kier molecular flexibility index (Phi) is 4.47. The van der Waals surface area contributed by atoms with Gasteiger partial charge in [-0.05, 0) is 30.4 Å². The van der Waals surface area contributed by atoms with E-state index in [1.54, 1.807) is 0 Å². The predicted molar refractivity (Wildman–Crippen MR) is 62.4 cm³/mol. The lowest BCUT2D eigenvalue weighted by molar-refractivity contribution is 0.394. The van der Waals surface area contributed by atoms with Gasteiger partial charge in [0.05, 0.1) is 0 Å². The zero-order chi connectivity index (χ0) is 11.3. The van der Waals surface area contributed by atoms with Crippen LogP contribution in [0.25, 0.3) is 0 Å². The molecule has 0 spiro atoms. The first-order chi connectivity index (χ1) is 7.20. The summed E-state index contributed by atoms with van der Waals surface area (Å²) >= 11 is 0. The molecule has 0 unspecified atom stereocenters. The molecule has 0 heterocycles. The lowest BCUT2D eigenvalue weighted by Gasteiger charge is -2.09. The second kappa shape index (κ2) is 5.64. The normalized spacial score (nSPS) is 10.5. The minimum Gasteiger partial charge on any atom is -0.504 e. The summed E-state index contributed by atoms with van der Waals surface area (Å²) in [6.45, 7) is 4.17. The Morgan fingerprint density at radius 2 is 1.40 bits per heavy atom. The third kappa shape index (κ3) is 2.88. The van der Waals surface area contributed by atoms with Crippen LogP contribution in [0.5, 0.6) is 11.5 Å². The Bertz CT molecular complexity index is 319. The van der Waals surface area contributed by atoms with E-state index in [9.17, 15) is 10.2 Å². The average Bonchev–Trinajstić information content (AvgIpc) is 2.24. The molecule has 0 amide bonds. The van der Waals surface area contributed by atoms with Gasteiger partial charge in [0, 0.05) is 0 Å². The molecule has 0 bridgehead atoms. The van der Waals surface area contributed by atoms with Crippen LogP contribution in [0, 0.1) is 0 Å². The van der Waals surface area contributed by atoms with Crippen LogP contribution in [0.3, 0.4) is 0 Å². The van der Waals surface area contributed by atoms with Gasteiger partial charge in [-0.2, -0.15) is 0 Å². The van der Waals surface area contributed by atoms with Gasteiger partial charge in [0.1, 0.15) is 0 Å². The van der Waals surface area contributed by atoms with Gasteiger partial charge in [0.15, 0.2) is 11.5 Å². The number of phenols is 2. The van der Waals surface area contributed by atoms with Crippen molar-refractivity contribution in [2.45, 2.75) is 46.0 Å². The van der Waals surface area contributed by atoms with E-state index in [1.807, 2.05) is 12.1 Å². The Labute approximate surface area is 91.6 Å². The SMILES string of the molecule is CCCCc1ccc(CCC)c(O)c1O. The average molecular weight is 208 g/mol. The fraction of sp³-hybridized carbons (Fsp3) is 0.538. The highest BCUT2D eigenvalue weighted by atomic mass is 16.3. The van der Waals surface area contributed by atoms with E-state index in [-0.39, 0.29) is 11.5 Å². The van der Waals surface area contributed by atoms with Crippen molar-refractivity contribution in [2.24, 2.45) is 0 Å². The number of aromatic hydroxyl groups is 2. The van der Waals surface area contributed by atoms with Crippen LogP contribution in [0.1, 0.15) is 44.2 Å². The summed E-state index contributed by atoms with van der Waals surface area (Å²) in [7, 11) is 0. The number of unbranched alkanes of at least 4 members (excludes halogenated alkanes) is 1. The van der Waals surface area contributed by atoms with Crippen molar-refractivity contribution in [1.29, 1.82) is 0 Å². The number of hydrogen-bond acceptors (Lipinski definition) is 2. The highest BCUT2D eigenvalue weighted by molar-refractivity contribution is 5.50. The summed E-state index contributed by atoms with van der Waals surface area (Å²) in [6, 6.07) is 3.85. The molecule has 84 valence electrons. The fourth-order valence-electron chi connectivity index (χ4n) is 1.70. The van der Waals surface area contributed by atoms with Crippen molar-refractivity contribution < 1.29 is 10.2 Å². The van der Waals surface area contributed by atoms with E-state index >= 15 is 0 Å². The van der Waals surface area contributed by atoms with Gasteiger partial charge in [0.2, 0.25) is 0 Å². The topological polar surface area (TPSA) is 40.5 Å². The number of benzene rings is 1. The largest absolute Gasteiger partial charge is 0.504 e. The van der Waals surface area contributed by atoms with E-state index in [0.717, 1.165) is 43.2 Å². The van der Waals surface area contributed by atoms with Crippen LogP contribution in [-0.4, -0.2) is 10.2 Å². The molecule has 2 N–H and O–H groups in total. The fourth-order valence-corrected chi connectivity index (χ4v) is 1.70. The van der Waals surface area contributed by atoms with Crippen LogP contribution in [-0.2, 0) is 12.8 Å². The first-order valence-electron chi connectivity index (χ1n) is 5.73.